The first-order chi connectivity index (χ1) is 10.0. The van der Waals surface area contributed by atoms with E-state index >= 15 is 0 Å². The summed E-state index contributed by atoms with van der Waals surface area (Å²) in [5, 5.41) is 11.6. The van der Waals surface area contributed by atoms with Crippen LogP contribution in [-0.2, 0) is 11.3 Å². The highest BCUT2D eigenvalue weighted by atomic mass is 19.1. The van der Waals surface area contributed by atoms with Gasteiger partial charge in [-0.05, 0) is 24.6 Å². The molecular formula is C15H15FN2O3. The summed E-state index contributed by atoms with van der Waals surface area (Å²) in [7, 11) is 0. The molecule has 1 unspecified atom stereocenters. The van der Waals surface area contributed by atoms with Gasteiger partial charge in [-0.3, -0.25) is 4.79 Å². The van der Waals surface area contributed by atoms with Gasteiger partial charge in [0.25, 0.3) is 0 Å². The average molecular weight is 290 g/mol. The number of ether oxygens (including phenoxy) is 1. The van der Waals surface area contributed by atoms with Gasteiger partial charge in [-0.1, -0.05) is 12.1 Å². The van der Waals surface area contributed by atoms with Gasteiger partial charge in [-0.15, -0.1) is 0 Å². The Labute approximate surface area is 121 Å². The topological polar surface area (TPSA) is 71.5 Å². The number of pyridine rings is 1. The molecule has 0 aliphatic carbocycles. The van der Waals surface area contributed by atoms with E-state index in [-0.39, 0.29) is 12.4 Å². The van der Waals surface area contributed by atoms with E-state index in [1.807, 2.05) is 0 Å². The lowest BCUT2D eigenvalue weighted by Crippen LogP contribution is -2.31. The van der Waals surface area contributed by atoms with E-state index in [9.17, 15) is 9.18 Å². The van der Waals surface area contributed by atoms with Gasteiger partial charge in [0.15, 0.2) is 0 Å². The molecule has 0 saturated carbocycles. The lowest BCUT2D eigenvalue weighted by atomic mass is 10.2. The van der Waals surface area contributed by atoms with E-state index in [1.54, 1.807) is 24.3 Å². The van der Waals surface area contributed by atoms with Crippen molar-refractivity contribution < 1.29 is 19.0 Å². The quantitative estimate of drug-likeness (QED) is 0.883. The smallest absolute Gasteiger partial charge is 0.248 e. The molecule has 1 atom stereocenters. The van der Waals surface area contributed by atoms with Crippen LogP contribution in [0, 0.1) is 5.82 Å². The van der Waals surface area contributed by atoms with Crippen molar-refractivity contribution in [2.75, 3.05) is 0 Å². The fraction of sp³-hybridized carbons (Fsp3) is 0.200. The molecule has 0 fully saturated rings. The molecule has 0 spiro atoms. The van der Waals surface area contributed by atoms with Crippen molar-refractivity contribution in [1.29, 1.82) is 0 Å². The Kier molecular flexibility index (Phi) is 4.84. The molecule has 0 bridgehead atoms. The zero-order valence-corrected chi connectivity index (χ0v) is 11.4. The Hall–Kier alpha value is -2.47. The lowest BCUT2D eigenvalue weighted by molar-refractivity contribution is -0.128. The first kappa shape index (κ1) is 14.9. The standard InChI is InChI=1S/C15H15FN2O3/c1-10(19)15(20)18-9-11-5-6-14(17-8-11)21-13-4-2-3-12(16)7-13/h2-8,10,19H,9H2,1H3,(H,18,20). The molecule has 0 aliphatic heterocycles. The van der Waals surface area contributed by atoms with Gasteiger partial charge >= 0.3 is 0 Å². The molecule has 0 aliphatic rings. The zero-order chi connectivity index (χ0) is 15.2. The van der Waals surface area contributed by atoms with Gasteiger partial charge < -0.3 is 15.2 Å². The van der Waals surface area contributed by atoms with Crippen LogP contribution in [0.5, 0.6) is 11.6 Å². The summed E-state index contributed by atoms with van der Waals surface area (Å²) in [5.41, 5.74) is 0.760. The highest BCUT2D eigenvalue weighted by Gasteiger charge is 2.07. The molecule has 2 N–H and O–H groups in total. The van der Waals surface area contributed by atoms with E-state index in [2.05, 4.69) is 10.3 Å². The fourth-order valence-electron chi connectivity index (χ4n) is 1.56. The van der Waals surface area contributed by atoms with E-state index in [0.717, 1.165) is 5.56 Å². The Balaban J connectivity index is 1.94. The van der Waals surface area contributed by atoms with Gasteiger partial charge in [-0.25, -0.2) is 9.37 Å². The first-order valence-electron chi connectivity index (χ1n) is 6.39. The van der Waals surface area contributed by atoms with Gasteiger partial charge in [0.05, 0.1) is 0 Å². The number of nitrogens with one attached hydrogen (secondary N) is 1. The van der Waals surface area contributed by atoms with Crippen LogP contribution in [0.4, 0.5) is 4.39 Å². The summed E-state index contributed by atoms with van der Waals surface area (Å²) in [6.07, 6.45) is 0.491. The van der Waals surface area contributed by atoms with E-state index in [0.29, 0.717) is 11.6 Å². The maximum atomic E-state index is 13.0. The molecule has 0 saturated heterocycles. The normalized spacial score (nSPS) is 11.8. The number of hydrogen-bond donors (Lipinski definition) is 2. The Morgan fingerprint density at radius 1 is 1.43 bits per heavy atom. The molecular weight excluding hydrogens is 275 g/mol. The minimum absolute atomic E-state index is 0.261. The van der Waals surface area contributed by atoms with E-state index < -0.39 is 12.0 Å². The maximum Gasteiger partial charge on any atom is 0.248 e. The van der Waals surface area contributed by atoms with Crippen LogP contribution in [0.3, 0.4) is 0 Å². The number of halogens is 1. The molecule has 6 heteroatoms. The van der Waals surface area contributed by atoms with Crippen LogP contribution in [0.15, 0.2) is 42.6 Å². The number of aliphatic hydroxyl groups excluding tert-OH is 1. The number of hydrogen-bond acceptors (Lipinski definition) is 4. The highest BCUT2D eigenvalue weighted by Crippen LogP contribution is 2.19. The van der Waals surface area contributed by atoms with Crippen LogP contribution >= 0.6 is 0 Å². The number of carbonyl (C=O) groups excluding carboxylic acids is 1. The van der Waals surface area contributed by atoms with Crippen molar-refractivity contribution in [1.82, 2.24) is 10.3 Å². The second kappa shape index (κ2) is 6.81. The van der Waals surface area contributed by atoms with E-state index in [4.69, 9.17) is 9.84 Å². The second-order valence-corrected chi connectivity index (χ2v) is 4.46. The lowest BCUT2D eigenvalue weighted by Gasteiger charge is -2.08. The third kappa shape index (κ3) is 4.54. The van der Waals surface area contributed by atoms with Gasteiger partial charge in [0, 0.05) is 24.9 Å². The van der Waals surface area contributed by atoms with Gasteiger partial charge in [-0.2, -0.15) is 0 Å². The van der Waals surface area contributed by atoms with Crippen molar-refractivity contribution >= 4 is 5.91 Å². The predicted octanol–water partition coefficient (Wildman–Crippen LogP) is 2.01. The third-order valence-corrected chi connectivity index (χ3v) is 2.66. The molecule has 1 aromatic heterocycles. The molecule has 110 valence electrons. The van der Waals surface area contributed by atoms with Crippen LogP contribution in [0.2, 0.25) is 0 Å². The Bertz CT molecular complexity index is 615. The van der Waals surface area contributed by atoms with Crippen LogP contribution in [0.1, 0.15) is 12.5 Å². The van der Waals surface area contributed by atoms with Crippen molar-refractivity contribution in [2.24, 2.45) is 0 Å². The summed E-state index contributed by atoms with van der Waals surface area (Å²) in [6.45, 7) is 1.65. The summed E-state index contributed by atoms with van der Waals surface area (Å²) in [5.74, 6) is -0.149. The number of nitrogens with zero attached hydrogens (tertiary/aromatic N) is 1. The first-order valence-corrected chi connectivity index (χ1v) is 6.39. The van der Waals surface area contributed by atoms with Crippen molar-refractivity contribution in [3.8, 4) is 11.6 Å². The van der Waals surface area contributed by atoms with Crippen LogP contribution in [0.25, 0.3) is 0 Å². The number of benzene rings is 1. The number of amides is 1. The monoisotopic (exact) mass is 290 g/mol. The van der Waals surface area contributed by atoms with Crippen LogP contribution < -0.4 is 10.1 Å². The average Bonchev–Trinajstić information content (AvgIpc) is 2.46. The molecule has 5 nitrogen and oxygen atoms in total. The summed E-state index contributed by atoms with van der Waals surface area (Å²) in [6, 6.07) is 9.11. The molecule has 1 amide bonds. The predicted molar refractivity (Wildman–Crippen MR) is 74.2 cm³/mol. The zero-order valence-electron chi connectivity index (χ0n) is 11.4. The largest absolute Gasteiger partial charge is 0.439 e. The van der Waals surface area contributed by atoms with Gasteiger partial charge in [0.2, 0.25) is 11.8 Å². The molecule has 1 heterocycles. The van der Waals surface area contributed by atoms with Gasteiger partial charge in [0.1, 0.15) is 17.7 Å². The second-order valence-electron chi connectivity index (χ2n) is 4.46. The SMILES string of the molecule is CC(O)C(=O)NCc1ccc(Oc2cccc(F)c2)nc1. The summed E-state index contributed by atoms with van der Waals surface area (Å²) >= 11 is 0. The number of carbonyl (C=O) groups is 1. The molecule has 0 radical (unpaired) electrons. The minimum atomic E-state index is -1.05. The van der Waals surface area contributed by atoms with Crippen molar-refractivity contribution in [2.45, 2.75) is 19.6 Å². The number of aliphatic hydroxyl groups is 1. The summed E-state index contributed by atoms with van der Waals surface area (Å²) in [4.78, 5) is 15.3. The van der Waals surface area contributed by atoms with Crippen molar-refractivity contribution in [3.63, 3.8) is 0 Å². The number of aromatic nitrogens is 1. The number of rotatable bonds is 5. The van der Waals surface area contributed by atoms with Crippen molar-refractivity contribution in [3.05, 3.63) is 54.0 Å². The maximum absolute atomic E-state index is 13.0. The Morgan fingerprint density at radius 3 is 2.86 bits per heavy atom. The highest BCUT2D eigenvalue weighted by molar-refractivity contribution is 5.79. The molecule has 2 aromatic rings. The summed E-state index contributed by atoms with van der Waals surface area (Å²) < 4.78 is 18.4. The molecule has 2 rings (SSSR count). The van der Waals surface area contributed by atoms with E-state index in [1.165, 1.54) is 25.3 Å². The van der Waals surface area contributed by atoms with Crippen LogP contribution in [-0.4, -0.2) is 22.1 Å². The molecule has 21 heavy (non-hydrogen) atoms. The Morgan fingerprint density at radius 2 is 2.24 bits per heavy atom. The fourth-order valence-corrected chi connectivity index (χ4v) is 1.56. The third-order valence-electron chi connectivity index (χ3n) is 2.66. The molecule has 1 aromatic carbocycles. The minimum Gasteiger partial charge on any atom is -0.439 e.